The van der Waals surface area contributed by atoms with Crippen molar-refractivity contribution >= 4 is 28.8 Å². The smallest absolute Gasteiger partial charge is 0.270 e. The zero-order valence-corrected chi connectivity index (χ0v) is 20.6. The number of benzene rings is 2. The van der Waals surface area contributed by atoms with Gasteiger partial charge in [0.1, 0.15) is 11.5 Å². The van der Waals surface area contributed by atoms with Gasteiger partial charge in [0.2, 0.25) is 0 Å². The van der Waals surface area contributed by atoms with Crippen LogP contribution >= 0.6 is 0 Å². The number of fused-ring (bicyclic) bond motifs is 1. The van der Waals surface area contributed by atoms with Crippen LogP contribution in [0.15, 0.2) is 48.5 Å². The van der Waals surface area contributed by atoms with E-state index in [1.54, 1.807) is 12.1 Å². The highest BCUT2D eigenvalue weighted by Crippen LogP contribution is 2.36. The van der Waals surface area contributed by atoms with Crippen LogP contribution in [0.5, 0.6) is 0 Å². The standard InChI is InChI=1S/C28H31FN4O4/c29-23-16-19(8-10-25(34)31-36)7-9-20(23)17-32-11-3-4-21(18-32)26-22-5-1-2-6-24(22)30-27(26)28(35)33-12-14-37-15-13-33/h1-2,5-10,16,21,30,36H,3-4,11-15,17-18H2,(H,31,34)/b10-8+. The summed E-state index contributed by atoms with van der Waals surface area (Å²) >= 11 is 0. The third-order valence-electron chi connectivity index (χ3n) is 7.18. The number of piperidine rings is 1. The molecule has 9 heteroatoms. The van der Waals surface area contributed by atoms with E-state index in [0.717, 1.165) is 48.5 Å². The summed E-state index contributed by atoms with van der Waals surface area (Å²) in [5.41, 5.74) is 5.29. The number of hydrogen-bond acceptors (Lipinski definition) is 5. The van der Waals surface area contributed by atoms with Gasteiger partial charge in [-0.3, -0.25) is 19.7 Å². The molecule has 0 spiro atoms. The summed E-state index contributed by atoms with van der Waals surface area (Å²) in [6, 6.07) is 12.9. The Hall–Kier alpha value is -3.53. The first-order chi connectivity index (χ1) is 18.0. The quantitative estimate of drug-likeness (QED) is 0.269. The van der Waals surface area contributed by atoms with E-state index < -0.39 is 5.91 Å². The third kappa shape index (κ3) is 5.58. The molecule has 3 heterocycles. The first-order valence-electron chi connectivity index (χ1n) is 12.6. The predicted molar refractivity (Wildman–Crippen MR) is 138 cm³/mol. The molecule has 1 aromatic heterocycles. The van der Waals surface area contributed by atoms with E-state index in [-0.39, 0.29) is 17.6 Å². The maximum Gasteiger partial charge on any atom is 0.270 e. The Morgan fingerprint density at radius 2 is 1.97 bits per heavy atom. The van der Waals surface area contributed by atoms with E-state index >= 15 is 0 Å². The van der Waals surface area contributed by atoms with Gasteiger partial charge in [-0.15, -0.1) is 0 Å². The Labute approximate surface area is 214 Å². The number of carbonyl (C=O) groups excluding carboxylic acids is 2. The number of ether oxygens (including phenoxy) is 1. The van der Waals surface area contributed by atoms with Crippen LogP contribution in [0.2, 0.25) is 0 Å². The lowest BCUT2D eigenvalue weighted by atomic mass is 9.88. The fraction of sp³-hybridized carbons (Fsp3) is 0.357. The number of H-pyrrole nitrogens is 1. The lowest BCUT2D eigenvalue weighted by Crippen LogP contribution is -2.41. The van der Waals surface area contributed by atoms with Crippen molar-refractivity contribution in [2.75, 3.05) is 39.4 Å². The largest absolute Gasteiger partial charge is 0.378 e. The summed E-state index contributed by atoms with van der Waals surface area (Å²) in [5, 5.41) is 9.67. The maximum absolute atomic E-state index is 14.9. The minimum atomic E-state index is -0.674. The molecule has 1 atom stereocenters. The molecule has 0 bridgehead atoms. The number of hydroxylamine groups is 1. The van der Waals surface area contributed by atoms with Crippen molar-refractivity contribution < 1.29 is 23.9 Å². The molecule has 0 saturated carbocycles. The molecule has 2 amide bonds. The van der Waals surface area contributed by atoms with Crippen molar-refractivity contribution in [1.82, 2.24) is 20.3 Å². The topological polar surface area (TPSA) is 97.9 Å². The first-order valence-corrected chi connectivity index (χ1v) is 12.6. The summed E-state index contributed by atoms with van der Waals surface area (Å²) in [6.45, 7) is 4.30. The third-order valence-corrected chi connectivity index (χ3v) is 7.18. The van der Waals surface area contributed by atoms with Crippen molar-refractivity contribution in [3.63, 3.8) is 0 Å². The van der Waals surface area contributed by atoms with E-state index in [4.69, 9.17) is 9.94 Å². The first kappa shape index (κ1) is 25.1. The summed E-state index contributed by atoms with van der Waals surface area (Å²) in [7, 11) is 0. The Morgan fingerprint density at radius 1 is 1.16 bits per heavy atom. The number of aromatic amines is 1. The highest BCUT2D eigenvalue weighted by atomic mass is 19.1. The normalized spacial score (nSPS) is 19.0. The molecular formula is C28H31FN4O4. The molecule has 2 aromatic carbocycles. The molecule has 2 aliphatic rings. The van der Waals surface area contributed by atoms with Crippen LogP contribution < -0.4 is 5.48 Å². The van der Waals surface area contributed by atoms with Gasteiger partial charge in [0.25, 0.3) is 11.8 Å². The predicted octanol–water partition coefficient (Wildman–Crippen LogP) is 3.68. The molecule has 2 fully saturated rings. The number of para-hydroxylation sites is 1. The van der Waals surface area contributed by atoms with E-state index in [1.807, 2.05) is 23.1 Å². The second-order valence-corrected chi connectivity index (χ2v) is 9.60. The summed E-state index contributed by atoms with van der Waals surface area (Å²) < 4.78 is 20.3. The van der Waals surface area contributed by atoms with Crippen molar-refractivity contribution in [3.8, 4) is 0 Å². The van der Waals surface area contributed by atoms with Gasteiger partial charge < -0.3 is 14.6 Å². The molecule has 0 aliphatic carbocycles. The molecule has 5 rings (SSSR count). The van der Waals surface area contributed by atoms with Gasteiger partial charge in [0.15, 0.2) is 0 Å². The van der Waals surface area contributed by atoms with Crippen LogP contribution in [-0.4, -0.2) is 71.2 Å². The zero-order valence-electron chi connectivity index (χ0n) is 20.6. The molecule has 8 nitrogen and oxygen atoms in total. The van der Waals surface area contributed by atoms with Gasteiger partial charge >= 0.3 is 0 Å². The molecular weight excluding hydrogens is 475 g/mol. The number of morpholine rings is 1. The maximum atomic E-state index is 14.9. The van der Waals surface area contributed by atoms with E-state index in [2.05, 4.69) is 16.0 Å². The average molecular weight is 507 g/mol. The lowest BCUT2D eigenvalue weighted by molar-refractivity contribution is -0.124. The van der Waals surface area contributed by atoms with Crippen molar-refractivity contribution in [2.45, 2.75) is 25.3 Å². The minimum absolute atomic E-state index is 0.0104. The molecule has 3 aromatic rings. The van der Waals surface area contributed by atoms with Gasteiger partial charge in [-0.1, -0.05) is 30.3 Å². The number of nitrogens with zero attached hydrogens (tertiary/aromatic N) is 2. The van der Waals surface area contributed by atoms with Crippen molar-refractivity contribution in [3.05, 3.63) is 76.7 Å². The number of rotatable bonds is 6. The van der Waals surface area contributed by atoms with E-state index in [0.29, 0.717) is 49.7 Å². The number of hydrogen-bond donors (Lipinski definition) is 3. The van der Waals surface area contributed by atoms with Gasteiger partial charge in [-0.05, 0) is 54.6 Å². The highest BCUT2D eigenvalue weighted by Gasteiger charge is 2.31. The summed E-state index contributed by atoms with van der Waals surface area (Å²) in [6.07, 6.45) is 4.50. The van der Waals surface area contributed by atoms with Crippen LogP contribution in [0.1, 0.15) is 45.9 Å². The van der Waals surface area contributed by atoms with Gasteiger partial charge in [0.05, 0.1) is 13.2 Å². The number of nitrogens with one attached hydrogen (secondary N) is 2. The Balaban J connectivity index is 1.36. The SMILES string of the molecule is O=C(/C=C/c1ccc(CN2CCCC(c3c(C(=O)N4CCOCC4)[nH]c4ccccc34)C2)c(F)c1)NO. The van der Waals surface area contributed by atoms with Crippen molar-refractivity contribution in [1.29, 1.82) is 0 Å². The Morgan fingerprint density at radius 3 is 2.76 bits per heavy atom. The molecule has 2 saturated heterocycles. The number of amides is 2. The lowest BCUT2D eigenvalue weighted by Gasteiger charge is -2.34. The molecule has 37 heavy (non-hydrogen) atoms. The Kier molecular flexibility index (Phi) is 7.64. The Bertz CT molecular complexity index is 1310. The fourth-order valence-electron chi connectivity index (χ4n) is 5.36. The highest BCUT2D eigenvalue weighted by molar-refractivity contribution is 6.01. The number of likely N-dealkylation sites (tertiary alicyclic amines) is 1. The summed E-state index contributed by atoms with van der Waals surface area (Å²) in [4.78, 5) is 32.2. The number of halogens is 1. The fourth-order valence-corrected chi connectivity index (χ4v) is 5.36. The molecule has 0 radical (unpaired) electrons. The van der Waals surface area contributed by atoms with Crippen LogP contribution in [-0.2, 0) is 16.1 Å². The second kappa shape index (κ2) is 11.2. The van der Waals surface area contributed by atoms with Gasteiger partial charge in [-0.25, -0.2) is 9.87 Å². The van der Waals surface area contributed by atoms with Crippen molar-refractivity contribution in [2.24, 2.45) is 0 Å². The van der Waals surface area contributed by atoms with E-state index in [1.165, 1.54) is 17.6 Å². The minimum Gasteiger partial charge on any atom is -0.378 e. The average Bonchev–Trinajstić information content (AvgIpc) is 3.33. The summed E-state index contributed by atoms with van der Waals surface area (Å²) in [5.74, 6) is -0.861. The van der Waals surface area contributed by atoms with Gasteiger partial charge in [-0.2, -0.15) is 0 Å². The number of carbonyl (C=O) groups is 2. The van der Waals surface area contributed by atoms with Crippen LogP contribution in [0.4, 0.5) is 4.39 Å². The molecule has 1 unspecified atom stereocenters. The molecule has 2 aliphatic heterocycles. The van der Waals surface area contributed by atoms with Gasteiger partial charge in [0, 0.05) is 48.7 Å². The molecule has 194 valence electrons. The monoisotopic (exact) mass is 506 g/mol. The van der Waals surface area contributed by atoms with Crippen LogP contribution in [0.25, 0.3) is 17.0 Å². The van der Waals surface area contributed by atoms with Crippen LogP contribution in [0.3, 0.4) is 0 Å². The van der Waals surface area contributed by atoms with E-state index in [9.17, 15) is 14.0 Å². The zero-order chi connectivity index (χ0) is 25.8. The second-order valence-electron chi connectivity index (χ2n) is 9.60. The van der Waals surface area contributed by atoms with Crippen LogP contribution in [0, 0.1) is 5.82 Å². The molecule has 3 N–H and O–H groups in total. The number of aromatic nitrogens is 1.